The van der Waals surface area contributed by atoms with Crippen LogP contribution in [0.15, 0.2) is 11.6 Å². The van der Waals surface area contributed by atoms with Crippen LogP contribution in [-0.4, -0.2) is 77.5 Å². The van der Waals surface area contributed by atoms with Gasteiger partial charge in [0.25, 0.3) is 0 Å². The van der Waals surface area contributed by atoms with Gasteiger partial charge in [-0.1, -0.05) is 27.2 Å². The number of hydrogen-bond donors (Lipinski definition) is 3. The first-order valence-corrected chi connectivity index (χ1v) is 16.5. The highest BCUT2D eigenvalue weighted by molar-refractivity contribution is 5.95. The van der Waals surface area contributed by atoms with Crippen LogP contribution in [0.5, 0.6) is 0 Å². The second-order valence-electron chi connectivity index (χ2n) is 15.4. The van der Waals surface area contributed by atoms with Gasteiger partial charge < -0.3 is 29.5 Å². The second-order valence-corrected chi connectivity index (χ2v) is 15.4. The summed E-state index contributed by atoms with van der Waals surface area (Å²) in [6.07, 6.45) is 8.91. The Morgan fingerprint density at radius 1 is 1.17 bits per heavy atom. The summed E-state index contributed by atoms with van der Waals surface area (Å²) in [4.78, 5) is 13.9. The molecule has 41 heavy (non-hydrogen) atoms. The maximum Gasteiger partial charge on any atom is 0.159 e. The van der Waals surface area contributed by atoms with E-state index in [1.807, 2.05) is 6.08 Å². The van der Waals surface area contributed by atoms with Gasteiger partial charge in [-0.15, -0.1) is 0 Å². The lowest BCUT2D eigenvalue weighted by Gasteiger charge is -2.65. The van der Waals surface area contributed by atoms with Gasteiger partial charge in [-0.2, -0.15) is 0 Å². The molecule has 1 saturated heterocycles. The van der Waals surface area contributed by atoms with Gasteiger partial charge >= 0.3 is 0 Å². The lowest BCUT2D eigenvalue weighted by molar-refractivity contribution is -0.214. The molecule has 5 fully saturated rings. The normalized spacial score (nSPS) is 49.5. The molecule has 0 unspecified atom stereocenters. The number of aliphatic hydroxyl groups excluding tert-OH is 1. The van der Waals surface area contributed by atoms with Crippen LogP contribution in [0.2, 0.25) is 0 Å². The maximum absolute atomic E-state index is 13.9. The van der Waals surface area contributed by atoms with Crippen molar-refractivity contribution < 1.29 is 34.3 Å². The van der Waals surface area contributed by atoms with E-state index in [1.54, 1.807) is 14.0 Å². The predicted molar refractivity (Wildman–Crippen MR) is 155 cm³/mol. The summed E-state index contributed by atoms with van der Waals surface area (Å²) in [6.45, 7) is 10.3. The van der Waals surface area contributed by atoms with E-state index in [-0.39, 0.29) is 41.0 Å². The van der Waals surface area contributed by atoms with Gasteiger partial charge in [-0.05, 0) is 111 Å². The van der Waals surface area contributed by atoms with Crippen molar-refractivity contribution >= 4 is 5.78 Å². The third-order valence-electron chi connectivity index (χ3n) is 13.5. The highest BCUT2D eigenvalue weighted by atomic mass is 16.5. The fourth-order valence-corrected chi connectivity index (χ4v) is 11.2. The Labute approximate surface area is 246 Å². The standard InChI is InChI=1S/C34H54O7/c1-20-19-41-29(21(20)2)30(36)32(4,37)27-10-13-34(38)25-17-26(35)24-16-23(40-15-7-14-39-5)9-12-31(24,3)28(25)22-8-6-11-33(27,34)18-22/h17,20-24,27-30,36-38H,6-16,18-19H2,1-5H3/t20-,21+,22-,23-,24-,27+,28-,29-,30+,31-,32-,33+,34+/m0/s1. The monoisotopic (exact) mass is 574 g/mol. The van der Waals surface area contributed by atoms with Crippen LogP contribution in [0, 0.1) is 46.3 Å². The number of carbonyl (C=O) groups is 1. The van der Waals surface area contributed by atoms with Gasteiger partial charge in [-0.25, -0.2) is 0 Å². The summed E-state index contributed by atoms with van der Waals surface area (Å²) < 4.78 is 17.4. The number of methoxy groups -OCH3 is 1. The summed E-state index contributed by atoms with van der Waals surface area (Å²) >= 11 is 0. The minimum absolute atomic E-state index is 0.0828. The van der Waals surface area contributed by atoms with Crippen molar-refractivity contribution in [3.05, 3.63) is 11.6 Å². The molecular weight excluding hydrogens is 520 g/mol. The van der Waals surface area contributed by atoms with E-state index in [4.69, 9.17) is 14.2 Å². The number of ether oxygens (including phenoxy) is 3. The molecule has 13 atom stereocenters. The minimum Gasteiger partial charge on any atom is -0.387 e. The van der Waals surface area contributed by atoms with E-state index in [1.165, 1.54) is 0 Å². The Bertz CT molecular complexity index is 1040. The Balaban J connectivity index is 1.30. The Morgan fingerprint density at radius 2 is 1.95 bits per heavy atom. The minimum atomic E-state index is -1.40. The lowest BCUT2D eigenvalue weighted by Crippen LogP contribution is -2.67. The molecule has 1 heterocycles. The lowest BCUT2D eigenvalue weighted by atomic mass is 9.40. The van der Waals surface area contributed by atoms with E-state index in [2.05, 4.69) is 20.8 Å². The van der Waals surface area contributed by atoms with Gasteiger partial charge in [0, 0.05) is 38.3 Å². The number of carbonyl (C=O) groups excluding carboxylic acids is 1. The molecule has 5 aliphatic carbocycles. The number of hydrogen-bond acceptors (Lipinski definition) is 7. The van der Waals surface area contributed by atoms with Crippen LogP contribution in [0.25, 0.3) is 0 Å². The van der Waals surface area contributed by atoms with E-state index in [9.17, 15) is 20.1 Å². The fraction of sp³-hybridized carbons (Fsp3) is 0.912. The van der Waals surface area contributed by atoms with Gasteiger partial charge in [0.1, 0.15) is 6.10 Å². The van der Waals surface area contributed by atoms with Gasteiger partial charge in [0.15, 0.2) is 5.78 Å². The maximum atomic E-state index is 13.9. The summed E-state index contributed by atoms with van der Waals surface area (Å²) in [5.41, 5.74) is -2.31. The SMILES string of the molecule is COCCCO[C@H]1CC[C@]2(C)[C@@H]3C(=CC(=O)[C@@H]2C1)[C@]1(O)CC[C@H]([C@](C)(O)[C@H](O)[C@H]2OC[C@H](C)[C@H]2C)[C@]12CCC[C@H]3C2. The van der Waals surface area contributed by atoms with Crippen molar-refractivity contribution in [2.45, 2.75) is 121 Å². The van der Waals surface area contributed by atoms with E-state index in [0.717, 1.165) is 56.9 Å². The van der Waals surface area contributed by atoms with Crippen molar-refractivity contribution in [1.82, 2.24) is 0 Å². The first-order valence-electron chi connectivity index (χ1n) is 16.5. The Kier molecular flexibility index (Phi) is 7.85. The largest absolute Gasteiger partial charge is 0.387 e. The average Bonchev–Trinajstić information content (AvgIpc) is 3.42. The number of allylic oxidation sites excluding steroid dienone is 1. The van der Waals surface area contributed by atoms with E-state index < -0.39 is 28.8 Å². The third kappa shape index (κ3) is 4.38. The molecule has 3 N–H and O–H groups in total. The van der Waals surface area contributed by atoms with Crippen LogP contribution in [0.3, 0.4) is 0 Å². The number of aliphatic hydroxyl groups is 3. The number of ketones is 1. The van der Waals surface area contributed by atoms with Gasteiger partial charge in [-0.3, -0.25) is 4.79 Å². The average molecular weight is 575 g/mol. The zero-order valence-electron chi connectivity index (χ0n) is 25.9. The first kappa shape index (κ1) is 30.2. The fourth-order valence-electron chi connectivity index (χ4n) is 11.2. The third-order valence-corrected chi connectivity index (χ3v) is 13.5. The van der Waals surface area contributed by atoms with Crippen LogP contribution in [-0.2, 0) is 19.0 Å². The zero-order valence-corrected chi connectivity index (χ0v) is 25.9. The molecule has 232 valence electrons. The highest BCUT2D eigenvalue weighted by Gasteiger charge is 2.73. The van der Waals surface area contributed by atoms with E-state index >= 15 is 0 Å². The number of fused-ring (bicyclic) bond motifs is 6. The quantitative estimate of drug-likeness (QED) is 0.368. The molecule has 6 aliphatic rings. The molecule has 0 aromatic rings. The van der Waals surface area contributed by atoms with E-state index in [0.29, 0.717) is 44.5 Å². The van der Waals surface area contributed by atoms with Crippen LogP contribution in [0.1, 0.15) is 91.9 Å². The van der Waals surface area contributed by atoms with Gasteiger partial charge in [0.2, 0.25) is 0 Å². The molecule has 0 aromatic carbocycles. The molecule has 1 aliphatic heterocycles. The smallest absolute Gasteiger partial charge is 0.159 e. The molecule has 0 amide bonds. The van der Waals surface area contributed by atoms with Crippen molar-refractivity contribution in [2.24, 2.45) is 46.3 Å². The summed E-state index contributed by atoms with van der Waals surface area (Å²) in [5.74, 6) is 0.819. The molecular formula is C34H54O7. The first-order chi connectivity index (χ1) is 19.4. The van der Waals surface area contributed by atoms with Crippen molar-refractivity contribution in [1.29, 1.82) is 0 Å². The zero-order chi connectivity index (χ0) is 29.4. The predicted octanol–water partition coefficient (Wildman–Crippen LogP) is 4.45. The highest BCUT2D eigenvalue weighted by Crippen LogP contribution is 2.73. The molecule has 7 nitrogen and oxygen atoms in total. The Hall–Kier alpha value is -0.830. The number of rotatable bonds is 8. The molecule has 6 rings (SSSR count). The molecule has 7 heteroatoms. The van der Waals surface area contributed by atoms with Crippen molar-refractivity contribution in [3.63, 3.8) is 0 Å². The van der Waals surface area contributed by atoms with Crippen LogP contribution in [0.4, 0.5) is 0 Å². The Morgan fingerprint density at radius 3 is 2.66 bits per heavy atom. The summed E-state index contributed by atoms with van der Waals surface area (Å²) in [7, 11) is 1.70. The van der Waals surface area contributed by atoms with Crippen molar-refractivity contribution in [2.75, 3.05) is 26.9 Å². The van der Waals surface area contributed by atoms with Crippen LogP contribution >= 0.6 is 0 Å². The van der Waals surface area contributed by atoms with Gasteiger partial charge in [0.05, 0.1) is 23.4 Å². The van der Waals surface area contributed by atoms with Crippen LogP contribution < -0.4 is 0 Å². The molecule has 2 bridgehead atoms. The molecule has 4 saturated carbocycles. The molecule has 0 aromatic heterocycles. The summed E-state index contributed by atoms with van der Waals surface area (Å²) in [5, 5.41) is 36.7. The summed E-state index contributed by atoms with van der Waals surface area (Å²) in [6, 6.07) is 0. The molecule has 0 radical (unpaired) electrons. The topological polar surface area (TPSA) is 105 Å². The van der Waals surface area contributed by atoms with Crippen molar-refractivity contribution in [3.8, 4) is 0 Å². The molecule has 1 spiro atoms. The second kappa shape index (κ2) is 10.7.